The van der Waals surface area contributed by atoms with Gasteiger partial charge in [0.15, 0.2) is 9.84 Å². The highest BCUT2D eigenvalue weighted by molar-refractivity contribution is 9.10. The second-order valence-corrected chi connectivity index (χ2v) is 9.04. The number of hydrogen-bond acceptors (Lipinski definition) is 5. The minimum atomic E-state index is -2.95. The predicted molar refractivity (Wildman–Crippen MR) is 97.5 cm³/mol. The monoisotopic (exact) mass is 424 g/mol. The number of amides is 1. The van der Waals surface area contributed by atoms with Crippen molar-refractivity contribution in [1.29, 1.82) is 0 Å². The number of hydrogen-bond donors (Lipinski definition) is 1. The second kappa shape index (κ2) is 7.53. The van der Waals surface area contributed by atoms with Gasteiger partial charge < -0.3 is 10.1 Å². The van der Waals surface area contributed by atoms with E-state index in [1.54, 1.807) is 30.5 Å². The molecular weight excluding hydrogens is 408 g/mol. The minimum absolute atomic E-state index is 0.0416. The van der Waals surface area contributed by atoms with Crippen LogP contribution in [0.1, 0.15) is 16.8 Å². The van der Waals surface area contributed by atoms with Gasteiger partial charge in [-0.05, 0) is 42.7 Å². The van der Waals surface area contributed by atoms with Crippen molar-refractivity contribution in [2.24, 2.45) is 5.92 Å². The number of carbonyl (C=O) groups excluding carboxylic acids is 1. The fourth-order valence-electron chi connectivity index (χ4n) is 2.65. The van der Waals surface area contributed by atoms with E-state index in [0.29, 0.717) is 24.3 Å². The number of nitrogens with one attached hydrogen (secondary N) is 1. The van der Waals surface area contributed by atoms with Crippen LogP contribution in [0.5, 0.6) is 11.6 Å². The number of ether oxygens (including phenoxy) is 1. The van der Waals surface area contributed by atoms with Crippen molar-refractivity contribution in [2.75, 3.05) is 18.1 Å². The molecule has 1 aliphatic rings. The molecule has 1 saturated heterocycles. The highest BCUT2D eigenvalue weighted by Gasteiger charge is 2.28. The Morgan fingerprint density at radius 2 is 2.16 bits per heavy atom. The lowest BCUT2D eigenvalue weighted by Crippen LogP contribution is -2.30. The number of pyridine rings is 1. The summed E-state index contributed by atoms with van der Waals surface area (Å²) < 4.78 is 29.6. The number of rotatable bonds is 5. The van der Waals surface area contributed by atoms with Crippen molar-refractivity contribution in [3.63, 3.8) is 0 Å². The molecular formula is C17H17BrN2O4S. The summed E-state index contributed by atoms with van der Waals surface area (Å²) in [5.41, 5.74) is 0.309. The molecule has 1 aromatic carbocycles. The summed E-state index contributed by atoms with van der Waals surface area (Å²) in [4.78, 5) is 16.6. The lowest BCUT2D eigenvalue weighted by atomic mass is 10.1. The van der Waals surface area contributed by atoms with Crippen LogP contribution < -0.4 is 10.1 Å². The normalized spacial score (nSPS) is 18.7. The van der Waals surface area contributed by atoms with E-state index in [1.807, 2.05) is 12.1 Å². The summed E-state index contributed by atoms with van der Waals surface area (Å²) >= 11 is 3.37. The zero-order chi connectivity index (χ0) is 17.9. The first-order valence-electron chi connectivity index (χ1n) is 7.80. The molecule has 1 aromatic heterocycles. The van der Waals surface area contributed by atoms with Crippen LogP contribution in [0.3, 0.4) is 0 Å². The molecule has 25 heavy (non-hydrogen) atoms. The smallest absolute Gasteiger partial charge is 0.256 e. The Hall–Kier alpha value is -1.93. The maximum Gasteiger partial charge on any atom is 0.256 e. The van der Waals surface area contributed by atoms with E-state index in [1.165, 1.54) is 0 Å². The Kier molecular flexibility index (Phi) is 5.39. The highest BCUT2D eigenvalue weighted by atomic mass is 79.9. The van der Waals surface area contributed by atoms with Gasteiger partial charge in [-0.25, -0.2) is 13.4 Å². The molecule has 1 fully saturated rings. The molecule has 132 valence electrons. The van der Waals surface area contributed by atoms with Crippen LogP contribution in [0, 0.1) is 5.92 Å². The van der Waals surface area contributed by atoms with E-state index < -0.39 is 9.84 Å². The zero-order valence-electron chi connectivity index (χ0n) is 13.3. The number of sulfone groups is 1. The third-order valence-electron chi connectivity index (χ3n) is 3.90. The average Bonchev–Trinajstić information content (AvgIpc) is 2.92. The molecule has 0 radical (unpaired) electrons. The predicted octanol–water partition coefficient (Wildman–Crippen LogP) is 2.80. The number of halogens is 1. The van der Waals surface area contributed by atoms with Crippen molar-refractivity contribution in [1.82, 2.24) is 10.3 Å². The van der Waals surface area contributed by atoms with Crippen molar-refractivity contribution < 1.29 is 17.9 Å². The molecule has 6 nitrogen and oxygen atoms in total. The Morgan fingerprint density at radius 3 is 2.88 bits per heavy atom. The summed E-state index contributed by atoms with van der Waals surface area (Å²) in [7, 11) is -2.95. The topological polar surface area (TPSA) is 85.4 Å². The SMILES string of the molecule is O=C(NCC1CCS(=O)(=O)C1)c1cccnc1Oc1cccc(Br)c1. The van der Waals surface area contributed by atoms with Gasteiger partial charge in [0.25, 0.3) is 5.91 Å². The molecule has 1 atom stereocenters. The summed E-state index contributed by atoms with van der Waals surface area (Å²) in [6, 6.07) is 10.5. The highest BCUT2D eigenvalue weighted by Crippen LogP contribution is 2.25. The van der Waals surface area contributed by atoms with Crippen LogP contribution in [0.15, 0.2) is 47.1 Å². The first-order valence-corrected chi connectivity index (χ1v) is 10.4. The number of nitrogens with zero attached hydrogens (tertiary/aromatic N) is 1. The first-order chi connectivity index (χ1) is 11.9. The van der Waals surface area contributed by atoms with E-state index >= 15 is 0 Å². The Balaban J connectivity index is 1.68. The van der Waals surface area contributed by atoms with Gasteiger partial charge in [-0.1, -0.05) is 22.0 Å². The maximum absolute atomic E-state index is 12.5. The van der Waals surface area contributed by atoms with Gasteiger partial charge in [0.05, 0.1) is 11.5 Å². The number of carbonyl (C=O) groups is 1. The standard InChI is InChI=1S/C17H17BrN2O4S/c18-13-3-1-4-14(9-13)24-17-15(5-2-7-19-17)16(21)20-10-12-6-8-25(22,23)11-12/h1-5,7,9,12H,6,8,10-11H2,(H,20,21). The summed E-state index contributed by atoms with van der Waals surface area (Å²) in [5.74, 6) is 0.711. The summed E-state index contributed by atoms with van der Waals surface area (Å²) in [6.45, 7) is 0.323. The maximum atomic E-state index is 12.5. The second-order valence-electron chi connectivity index (χ2n) is 5.89. The molecule has 1 aliphatic heterocycles. The van der Waals surface area contributed by atoms with Gasteiger partial charge in [-0.3, -0.25) is 4.79 Å². The summed E-state index contributed by atoms with van der Waals surface area (Å²) in [6.07, 6.45) is 2.13. The van der Waals surface area contributed by atoms with Crippen molar-refractivity contribution >= 4 is 31.7 Å². The first kappa shape index (κ1) is 17.9. The molecule has 3 rings (SSSR count). The zero-order valence-corrected chi connectivity index (χ0v) is 15.7. The van der Waals surface area contributed by atoms with Gasteiger partial charge in [0.2, 0.25) is 5.88 Å². The van der Waals surface area contributed by atoms with E-state index in [4.69, 9.17) is 4.74 Å². The fraction of sp³-hybridized carbons (Fsp3) is 0.294. The van der Waals surface area contributed by atoms with E-state index in [0.717, 1.165) is 4.47 Å². The van der Waals surface area contributed by atoms with Crippen LogP contribution >= 0.6 is 15.9 Å². The molecule has 0 bridgehead atoms. The van der Waals surface area contributed by atoms with E-state index in [2.05, 4.69) is 26.2 Å². The third-order valence-corrected chi connectivity index (χ3v) is 6.23. The lowest BCUT2D eigenvalue weighted by Gasteiger charge is -2.12. The average molecular weight is 425 g/mol. The molecule has 2 heterocycles. The molecule has 1 amide bonds. The van der Waals surface area contributed by atoms with E-state index in [-0.39, 0.29) is 29.2 Å². The van der Waals surface area contributed by atoms with Gasteiger partial charge in [0.1, 0.15) is 11.3 Å². The molecule has 0 saturated carbocycles. The van der Waals surface area contributed by atoms with Gasteiger partial charge in [-0.15, -0.1) is 0 Å². The van der Waals surface area contributed by atoms with Crippen LogP contribution in [0.4, 0.5) is 0 Å². The lowest BCUT2D eigenvalue weighted by molar-refractivity contribution is 0.0945. The molecule has 1 N–H and O–H groups in total. The third kappa shape index (κ3) is 4.79. The summed E-state index contributed by atoms with van der Waals surface area (Å²) in [5, 5.41) is 2.78. The number of aromatic nitrogens is 1. The van der Waals surface area contributed by atoms with Crippen LogP contribution in [-0.4, -0.2) is 37.4 Å². The molecule has 0 aliphatic carbocycles. The molecule has 1 unspecified atom stereocenters. The molecule has 8 heteroatoms. The fourth-order valence-corrected chi connectivity index (χ4v) is 4.89. The minimum Gasteiger partial charge on any atom is -0.438 e. The van der Waals surface area contributed by atoms with Gasteiger partial charge in [-0.2, -0.15) is 0 Å². The van der Waals surface area contributed by atoms with Crippen LogP contribution in [0.2, 0.25) is 0 Å². The van der Waals surface area contributed by atoms with Crippen molar-refractivity contribution in [3.8, 4) is 11.6 Å². The van der Waals surface area contributed by atoms with Gasteiger partial charge >= 0.3 is 0 Å². The number of benzene rings is 1. The van der Waals surface area contributed by atoms with Crippen molar-refractivity contribution in [2.45, 2.75) is 6.42 Å². The Labute approximate surface area is 154 Å². The van der Waals surface area contributed by atoms with Crippen molar-refractivity contribution in [3.05, 3.63) is 52.6 Å². The Morgan fingerprint density at radius 1 is 1.32 bits per heavy atom. The van der Waals surface area contributed by atoms with E-state index in [9.17, 15) is 13.2 Å². The molecule has 0 spiro atoms. The van der Waals surface area contributed by atoms with Crippen LogP contribution in [0.25, 0.3) is 0 Å². The quantitative estimate of drug-likeness (QED) is 0.797. The van der Waals surface area contributed by atoms with Crippen LogP contribution in [-0.2, 0) is 9.84 Å². The Bertz CT molecular complexity index is 886. The van der Waals surface area contributed by atoms with Gasteiger partial charge in [0, 0.05) is 17.2 Å². The molecule has 2 aromatic rings. The largest absolute Gasteiger partial charge is 0.438 e.